The van der Waals surface area contributed by atoms with Gasteiger partial charge in [-0.15, -0.1) is 0 Å². The van der Waals surface area contributed by atoms with Gasteiger partial charge in [0.05, 0.1) is 6.42 Å². The highest BCUT2D eigenvalue weighted by Gasteiger charge is 2.44. The normalized spacial score (nSPS) is 26.5. The van der Waals surface area contributed by atoms with Crippen LogP contribution < -0.4 is 0 Å². The van der Waals surface area contributed by atoms with Gasteiger partial charge in [0.25, 0.3) is 0 Å². The minimum atomic E-state index is -0.954. The summed E-state index contributed by atoms with van der Waals surface area (Å²) in [4.78, 5) is 10.2. The lowest BCUT2D eigenvalue weighted by Crippen LogP contribution is -2.35. The third-order valence-corrected chi connectivity index (χ3v) is 1.97. The first-order valence-electron chi connectivity index (χ1n) is 4.88. The third-order valence-electron chi connectivity index (χ3n) is 1.97. The van der Waals surface area contributed by atoms with E-state index in [1.807, 2.05) is 20.8 Å². The van der Waals surface area contributed by atoms with E-state index < -0.39 is 5.97 Å². The van der Waals surface area contributed by atoms with Crippen LogP contribution in [0.15, 0.2) is 0 Å². The number of hydrogen-bond donors (Lipinski definition) is 0. The van der Waals surface area contributed by atoms with Crippen molar-refractivity contribution in [2.24, 2.45) is 0 Å². The Morgan fingerprint density at radius 1 is 1.23 bits per heavy atom. The van der Waals surface area contributed by atoms with E-state index >= 15 is 0 Å². The van der Waals surface area contributed by atoms with Crippen molar-refractivity contribution >= 4 is 0 Å². The lowest BCUT2D eigenvalue weighted by atomic mass is 10.2. The van der Waals surface area contributed by atoms with Crippen LogP contribution in [0.2, 0.25) is 0 Å². The molecule has 0 amide bonds. The summed E-state index contributed by atoms with van der Waals surface area (Å²) in [6.07, 6.45) is 1.63. The van der Waals surface area contributed by atoms with Crippen molar-refractivity contribution in [3.8, 4) is 0 Å². The van der Waals surface area contributed by atoms with Crippen LogP contribution in [0.4, 0.5) is 0 Å². The standard InChI is InChI=1S/C9H18O4/c1-4-8-7-9(10-5-2,11-6-3)13-12-8/h8H,4-7H2,1-3H3. The van der Waals surface area contributed by atoms with Crippen LogP contribution in [0.3, 0.4) is 0 Å². The molecule has 78 valence electrons. The molecule has 0 aromatic carbocycles. The SMILES string of the molecule is CCOC1(OCC)CC(CC)OO1. The second-order valence-electron chi connectivity index (χ2n) is 2.96. The van der Waals surface area contributed by atoms with Crippen molar-refractivity contribution in [3.63, 3.8) is 0 Å². The molecule has 1 rings (SSSR count). The van der Waals surface area contributed by atoms with Gasteiger partial charge in [-0.25, -0.2) is 4.89 Å². The molecule has 0 saturated carbocycles. The van der Waals surface area contributed by atoms with E-state index in [9.17, 15) is 0 Å². The number of hydrogen-bond acceptors (Lipinski definition) is 4. The molecule has 1 aliphatic rings. The Morgan fingerprint density at radius 3 is 2.23 bits per heavy atom. The molecule has 13 heavy (non-hydrogen) atoms. The van der Waals surface area contributed by atoms with Crippen molar-refractivity contribution in [2.45, 2.75) is 45.7 Å². The van der Waals surface area contributed by atoms with Crippen molar-refractivity contribution < 1.29 is 19.2 Å². The van der Waals surface area contributed by atoms with Gasteiger partial charge in [-0.3, -0.25) is 0 Å². The van der Waals surface area contributed by atoms with Crippen molar-refractivity contribution in [1.82, 2.24) is 0 Å². The second-order valence-corrected chi connectivity index (χ2v) is 2.96. The zero-order valence-electron chi connectivity index (χ0n) is 8.54. The summed E-state index contributed by atoms with van der Waals surface area (Å²) < 4.78 is 10.8. The van der Waals surface area contributed by atoms with E-state index in [0.717, 1.165) is 6.42 Å². The van der Waals surface area contributed by atoms with Gasteiger partial charge in [-0.2, -0.15) is 4.89 Å². The van der Waals surface area contributed by atoms with Gasteiger partial charge in [0.15, 0.2) is 0 Å². The van der Waals surface area contributed by atoms with Crippen LogP contribution in [0, 0.1) is 0 Å². The van der Waals surface area contributed by atoms with Crippen LogP contribution in [0.1, 0.15) is 33.6 Å². The molecule has 0 aliphatic carbocycles. The molecule has 0 aromatic rings. The summed E-state index contributed by atoms with van der Waals surface area (Å²) in [5.74, 6) is -0.954. The smallest absolute Gasteiger partial charge is 0.314 e. The summed E-state index contributed by atoms with van der Waals surface area (Å²) in [6.45, 7) is 6.97. The summed E-state index contributed by atoms with van der Waals surface area (Å²) in [6, 6.07) is 0. The van der Waals surface area contributed by atoms with Crippen molar-refractivity contribution in [2.75, 3.05) is 13.2 Å². The van der Waals surface area contributed by atoms with Crippen molar-refractivity contribution in [1.29, 1.82) is 0 Å². The Morgan fingerprint density at radius 2 is 1.85 bits per heavy atom. The highest BCUT2D eigenvalue weighted by atomic mass is 17.3. The molecule has 0 aromatic heterocycles. The van der Waals surface area contributed by atoms with Crippen LogP contribution in [-0.2, 0) is 19.2 Å². The van der Waals surface area contributed by atoms with Gasteiger partial charge < -0.3 is 9.47 Å². The molecule has 0 bridgehead atoms. The monoisotopic (exact) mass is 190 g/mol. The van der Waals surface area contributed by atoms with E-state index in [2.05, 4.69) is 0 Å². The molecule has 1 heterocycles. The van der Waals surface area contributed by atoms with Gasteiger partial charge in [0, 0.05) is 13.2 Å². The summed E-state index contributed by atoms with van der Waals surface area (Å²) in [7, 11) is 0. The molecule has 0 spiro atoms. The molecular weight excluding hydrogens is 172 g/mol. The topological polar surface area (TPSA) is 36.9 Å². The van der Waals surface area contributed by atoms with E-state index in [-0.39, 0.29) is 6.10 Å². The van der Waals surface area contributed by atoms with Crippen LogP contribution in [0.25, 0.3) is 0 Å². The van der Waals surface area contributed by atoms with Crippen LogP contribution >= 0.6 is 0 Å². The first-order chi connectivity index (χ1) is 6.26. The van der Waals surface area contributed by atoms with Gasteiger partial charge in [-0.05, 0) is 20.3 Å². The maximum absolute atomic E-state index is 5.39. The van der Waals surface area contributed by atoms with E-state index in [1.54, 1.807) is 0 Å². The fourth-order valence-electron chi connectivity index (χ4n) is 1.35. The molecule has 1 saturated heterocycles. The number of rotatable bonds is 5. The number of ether oxygens (including phenoxy) is 2. The largest absolute Gasteiger partial charge is 0.326 e. The van der Waals surface area contributed by atoms with Crippen LogP contribution in [0.5, 0.6) is 0 Å². The average molecular weight is 190 g/mol. The van der Waals surface area contributed by atoms with Crippen molar-refractivity contribution in [3.05, 3.63) is 0 Å². The maximum atomic E-state index is 5.39. The molecular formula is C9H18O4. The summed E-state index contributed by atoms with van der Waals surface area (Å²) >= 11 is 0. The zero-order chi connectivity index (χ0) is 9.73. The highest BCUT2D eigenvalue weighted by molar-refractivity contribution is 4.68. The molecule has 1 atom stereocenters. The average Bonchev–Trinajstić information content (AvgIpc) is 2.50. The molecule has 1 aliphatic heterocycles. The quantitative estimate of drug-likeness (QED) is 0.489. The zero-order valence-corrected chi connectivity index (χ0v) is 8.54. The van der Waals surface area contributed by atoms with E-state index in [1.165, 1.54) is 0 Å². The maximum Gasteiger partial charge on any atom is 0.314 e. The summed E-state index contributed by atoms with van der Waals surface area (Å²) in [5, 5.41) is 0. The van der Waals surface area contributed by atoms with Gasteiger partial charge in [0.1, 0.15) is 6.10 Å². The Balaban J connectivity index is 2.49. The Kier molecular flexibility index (Phi) is 4.12. The van der Waals surface area contributed by atoms with Gasteiger partial charge in [-0.1, -0.05) is 6.92 Å². The third kappa shape index (κ3) is 2.64. The Hall–Kier alpha value is -0.160. The molecule has 4 nitrogen and oxygen atoms in total. The predicted octanol–water partition coefficient (Wildman–Crippen LogP) is 1.84. The summed E-state index contributed by atoms with van der Waals surface area (Å²) in [5.41, 5.74) is 0. The lowest BCUT2D eigenvalue weighted by Gasteiger charge is -2.24. The Bertz CT molecular complexity index is 143. The Labute approximate surface area is 79.0 Å². The molecule has 1 fully saturated rings. The van der Waals surface area contributed by atoms with Gasteiger partial charge in [0.2, 0.25) is 0 Å². The molecule has 0 radical (unpaired) electrons. The fraction of sp³-hybridized carbons (Fsp3) is 1.00. The lowest BCUT2D eigenvalue weighted by molar-refractivity contribution is -0.466. The highest BCUT2D eigenvalue weighted by Crippen LogP contribution is 2.31. The predicted molar refractivity (Wildman–Crippen MR) is 46.8 cm³/mol. The molecule has 4 heteroatoms. The fourth-order valence-corrected chi connectivity index (χ4v) is 1.35. The first kappa shape index (κ1) is 10.9. The molecule has 0 N–H and O–H groups in total. The van der Waals surface area contributed by atoms with Gasteiger partial charge >= 0.3 is 5.97 Å². The second kappa shape index (κ2) is 4.91. The first-order valence-corrected chi connectivity index (χ1v) is 4.88. The van der Waals surface area contributed by atoms with E-state index in [4.69, 9.17) is 19.2 Å². The minimum Gasteiger partial charge on any atom is -0.326 e. The van der Waals surface area contributed by atoms with Crippen LogP contribution in [-0.4, -0.2) is 25.3 Å². The molecule has 1 unspecified atom stereocenters. The minimum absolute atomic E-state index is 0.0816. The van der Waals surface area contributed by atoms with E-state index in [0.29, 0.717) is 19.6 Å².